The summed E-state index contributed by atoms with van der Waals surface area (Å²) in [6.45, 7) is 6.32. The molecule has 0 aromatic carbocycles. The predicted molar refractivity (Wildman–Crippen MR) is 78.7 cm³/mol. The monoisotopic (exact) mass is 298 g/mol. The number of piperidine rings is 1. The molecule has 1 fully saturated rings. The Morgan fingerprint density at radius 3 is 2.14 bits per heavy atom. The minimum absolute atomic E-state index is 0.0335. The van der Waals surface area contributed by atoms with E-state index in [-0.39, 0.29) is 17.7 Å². The summed E-state index contributed by atoms with van der Waals surface area (Å²) in [6.07, 6.45) is 2.38. The lowest BCUT2D eigenvalue weighted by molar-refractivity contribution is -0.145. The highest BCUT2D eigenvalue weighted by atomic mass is 16.4. The van der Waals surface area contributed by atoms with Crippen molar-refractivity contribution < 1.29 is 19.5 Å². The second-order valence-electron chi connectivity index (χ2n) is 5.41. The first kappa shape index (κ1) is 17.5. The predicted octanol–water partition coefficient (Wildman–Crippen LogP) is 1.35. The first-order chi connectivity index (χ1) is 9.99. The van der Waals surface area contributed by atoms with E-state index < -0.39 is 5.97 Å². The van der Waals surface area contributed by atoms with Crippen LogP contribution in [-0.4, -0.2) is 58.9 Å². The number of carboxylic acid groups (broad SMARTS) is 1. The highest BCUT2D eigenvalue weighted by Gasteiger charge is 2.26. The third-order valence-electron chi connectivity index (χ3n) is 4.09. The van der Waals surface area contributed by atoms with Gasteiger partial charge in [0.05, 0.1) is 5.92 Å². The highest BCUT2D eigenvalue weighted by molar-refractivity contribution is 5.79. The average Bonchev–Trinajstić information content (AvgIpc) is 2.48. The number of hydrogen-bond acceptors (Lipinski definition) is 3. The van der Waals surface area contributed by atoms with E-state index in [0.29, 0.717) is 58.3 Å². The number of amides is 2. The van der Waals surface area contributed by atoms with Crippen molar-refractivity contribution in [3.63, 3.8) is 0 Å². The fourth-order valence-corrected chi connectivity index (χ4v) is 2.66. The minimum Gasteiger partial charge on any atom is -0.481 e. The number of nitrogens with zero attached hydrogens (tertiary/aromatic N) is 2. The van der Waals surface area contributed by atoms with E-state index in [9.17, 15) is 14.4 Å². The second-order valence-corrected chi connectivity index (χ2v) is 5.41. The third-order valence-corrected chi connectivity index (χ3v) is 4.09. The molecule has 0 aliphatic carbocycles. The number of hydrogen-bond donors (Lipinski definition) is 1. The maximum atomic E-state index is 12.0. The van der Waals surface area contributed by atoms with Gasteiger partial charge in [0.2, 0.25) is 11.8 Å². The van der Waals surface area contributed by atoms with E-state index in [1.54, 1.807) is 9.80 Å². The van der Waals surface area contributed by atoms with Crippen LogP contribution >= 0.6 is 0 Å². The molecule has 1 aliphatic rings. The summed E-state index contributed by atoms with van der Waals surface area (Å²) in [4.78, 5) is 38.2. The van der Waals surface area contributed by atoms with E-state index in [0.717, 1.165) is 0 Å². The van der Waals surface area contributed by atoms with E-state index in [2.05, 4.69) is 0 Å². The van der Waals surface area contributed by atoms with Crippen LogP contribution in [0.3, 0.4) is 0 Å². The fraction of sp³-hybridized carbons (Fsp3) is 0.800. The molecule has 0 spiro atoms. The molecule has 0 aromatic heterocycles. The average molecular weight is 298 g/mol. The smallest absolute Gasteiger partial charge is 0.306 e. The molecule has 0 saturated carbocycles. The van der Waals surface area contributed by atoms with Crippen molar-refractivity contribution in [2.24, 2.45) is 5.92 Å². The van der Waals surface area contributed by atoms with Crippen molar-refractivity contribution in [1.82, 2.24) is 9.80 Å². The number of carbonyl (C=O) groups is 3. The molecule has 1 N–H and O–H groups in total. The Morgan fingerprint density at radius 1 is 1.10 bits per heavy atom. The van der Waals surface area contributed by atoms with Gasteiger partial charge in [-0.3, -0.25) is 14.4 Å². The summed E-state index contributed by atoms with van der Waals surface area (Å²) in [6, 6.07) is 0. The normalized spacial score (nSPS) is 15.8. The summed E-state index contributed by atoms with van der Waals surface area (Å²) in [5, 5.41) is 8.92. The lowest BCUT2D eigenvalue weighted by atomic mass is 9.97. The van der Waals surface area contributed by atoms with Crippen molar-refractivity contribution >= 4 is 17.8 Å². The van der Waals surface area contributed by atoms with Crippen LogP contribution in [0.5, 0.6) is 0 Å². The maximum Gasteiger partial charge on any atom is 0.306 e. The molecule has 0 aromatic rings. The molecular formula is C15H26N2O4. The minimum atomic E-state index is -0.771. The Bertz CT molecular complexity index is 372. The number of carboxylic acids is 1. The van der Waals surface area contributed by atoms with Gasteiger partial charge in [0.15, 0.2) is 0 Å². The van der Waals surface area contributed by atoms with Crippen LogP contribution in [0, 0.1) is 5.92 Å². The standard InChI is InChI=1S/C15H26N2O4/c1-3-16(4-2)13(18)6-5-7-14(19)17-10-8-12(9-11-17)15(20)21/h12H,3-11H2,1-2H3,(H,20,21). The molecule has 1 aliphatic heterocycles. The zero-order valence-corrected chi connectivity index (χ0v) is 13.0. The molecule has 0 atom stereocenters. The molecule has 1 heterocycles. The van der Waals surface area contributed by atoms with Crippen LogP contribution in [0.1, 0.15) is 46.0 Å². The molecule has 0 bridgehead atoms. The Labute approximate surface area is 126 Å². The number of likely N-dealkylation sites (tertiary alicyclic amines) is 1. The number of carbonyl (C=O) groups excluding carboxylic acids is 2. The van der Waals surface area contributed by atoms with Gasteiger partial charge < -0.3 is 14.9 Å². The lowest BCUT2D eigenvalue weighted by Crippen LogP contribution is -2.40. The van der Waals surface area contributed by atoms with Crippen LogP contribution in [-0.2, 0) is 14.4 Å². The Balaban J connectivity index is 2.26. The molecule has 0 unspecified atom stereocenters. The molecule has 1 rings (SSSR count). The molecule has 6 heteroatoms. The van der Waals surface area contributed by atoms with Crippen molar-refractivity contribution in [1.29, 1.82) is 0 Å². The van der Waals surface area contributed by atoms with E-state index >= 15 is 0 Å². The van der Waals surface area contributed by atoms with E-state index in [1.165, 1.54) is 0 Å². The number of aliphatic carboxylic acids is 1. The van der Waals surface area contributed by atoms with Crippen molar-refractivity contribution in [2.75, 3.05) is 26.2 Å². The lowest BCUT2D eigenvalue weighted by Gasteiger charge is -2.30. The third kappa shape index (κ3) is 5.36. The Hall–Kier alpha value is -1.59. The van der Waals surface area contributed by atoms with Gasteiger partial charge in [-0.15, -0.1) is 0 Å². The zero-order valence-electron chi connectivity index (χ0n) is 13.0. The van der Waals surface area contributed by atoms with Crippen LogP contribution in [0.2, 0.25) is 0 Å². The van der Waals surface area contributed by atoms with Crippen molar-refractivity contribution in [3.05, 3.63) is 0 Å². The quantitative estimate of drug-likeness (QED) is 0.769. The summed E-state index contributed by atoms with van der Waals surface area (Å²) < 4.78 is 0. The van der Waals surface area contributed by atoms with Gasteiger partial charge in [0.1, 0.15) is 0 Å². The molecule has 0 radical (unpaired) electrons. The summed E-state index contributed by atoms with van der Waals surface area (Å²) in [5.41, 5.74) is 0. The van der Waals surface area contributed by atoms with Gasteiger partial charge in [0.25, 0.3) is 0 Å². The second kappa shape index (κ2) is 8.64. The SMILES string of the molecule is CCN(CC)C(=O)CCCC(=O)N1CCC(C(=O)O)CC1. The van der Waals surface area contributed by atoms with Crippen LogP contribution < -0.4 is 0 Å². The molecule has 1 saturated heterocycles. The largest absolute Gasteiger partial charge is 0.481 e. The van der Waals surface area contributed by atoms with Gasteiger partial charge in [0, 0.05) is 39.0 Å². The van der Waals surface area contributed by atoms with Crippen molar-refractivity contribution in [3.8, 4) is 0 Å². The van der Waals surface area contributed by atoms with Gasteiger partial charge >= 0.3 is 5.97 Å². The van der Waals surface area contributed by atoms with Gasteiger partial charge in [-0.05, 0) is 33.1 Å². The molecule has 2 amide bonds. The Kier molecular flexibility index (Phi) is 7.19. The van der Waals surface area contributed by atoms with Crippen LogP contribution in [0.4, 0.5) is 0 Å². The molecule has 6 nitrogen and oxygen atoms in total. The van der Waals surface area contributed by atoms with Gasteiger partial charge in [-0.1, -0.05) is 0 Å². The molecular weight excluding hydrogens is 272 g/mol. The van der Waals surface area contributed by atoms with E-state index in [4.69, 9.17) is 5.11 Å². The number of rotatable bonds is 7. The molecule has 120 valence electrons. The van der Waals surface area contributed by atoms with Gasteiger partial charge in [-0.2, -0.15) is 0 Å². The zero-order chi connectivity index (χ0) is 15.8. The highest BCUT2D eigenvalue weighted by Crippen LogP contribution is 2.18. The summed E-state index contributed by atoms with van der Waals surface area (Å²) >= 11 is 0. The van der Waals surface area contributed by atoms with Crippen molar-refractivity contribution in [2.45, 2.75) is 46.0 Å². The maximum absolute atomic E-state index is 12.0. The fourth-order valence-electron chi connectivity index (χ4n) is 2.66. The topological polar surface area (TPSA) is 77.9 Å². The van der Waals surface area contributed by atoms with Crippen LogP contribution in [0.25, 0.3) is 0 Å². The molecule has 21 heavy (non-hydrogen) atoms. The van der Waals surface area contributed by atoms with Crippen LogP contribution in [0.15, 0.2) is 0 Å². The van der Waals surface area contributed by atoms with E-state index in [1.807, 2.05) is 13.8 Å². The summed E-state index contributed by atoms with van der Waals surface area (Å²) in [5.74, 6) is -0.964. The van der Waals surface area contributed by atoms with Gasteiger partial charge in [-0.25, -0.2) is 0 Å². The first-order valence-corrected chi connectivity index (χ1v) is 7.77. The summed E-state index contributed by atoms with van der Waals surface area (Å²) in [7, 11) is 0. The first-order valence-electron chi connectivity index (χ1n) is 7.77. The Morgan fingerprint density at radius 2 is 1.67 bits per heavy atom.